The highest BCUT2D eigenvalue weighted by Crippen LogP contribution is 2.36. The number of amides is 1. The van der Waals surface area contributed by atoms with Crippen LogP contribution in [0.3, 0.4) is 0 Å². The molecule has 0 radical (unpaired) electrons. The first-order valence-electron chi connectivity index (χ1n) is 9.51. The third-order valence-electron chi connectivity index (χ3n) is 4.89. The Morgan fingerprint density at radius 1 is 1.07 bits per heavy atom. The van der Waals surface area contributed by atoms with E-state index in [1.165, 1.54) is 0 Å². The molecule has 0 aliphatic heterocycles. The summed E-state index contributed by atoms with van der Waals surface area (Å²) in [5.41, 5.74) is 3.70. The van der Waals surface area contributed by atoms with Crippen molar-refractivity contribution in [3.63, 3.8) is 0 Å². The average molecular weight is 385 g/mol. The van der Waals surface area contributed by atoms with Crippen LogP contribution in [0.4, 0.5) is 5.69 Å². The van der Waals surface area contributed by atoms with Crippen LogP contribution in [0.2, 0.25) is 0 Å². The lowest BCUT2D eigenvalue weighted by molar-refractivity contribution is 0.102. The molecule has 2 heterocycles. The Morgan fingerprint density at radius 3 is 2.69 bits per heavy atom. The van der Waals surface area contributed by atoms with Crippen molar-refractivity contribution in [2.75, 3.05) is 5.32 Å². The number of nitrogens with one attached hydrogen (secondary N) is 1. The van der Waals surface area contributed by atoms with E-state index >= 15 is 0 Å². The normalized spacial score (nSPS) is 13.4. The van der Waals surface area contributed by atoms with Gasteiger partial charge in [-0.05, 0) is 60.5 Å². The number of tetrazole rings is 1. The topological polar surface area (TPSA) is 90.5 Å². The molecule has 2 aromatic carbocycles. The van der Waals surface area contributed by atoms with E-state index in [-0.39, 0.29) is 5.91 Å². The van der Waals surface area contributed by atoms with Gasteiger partial charge in [0, 0.05) is 16.9 Å². The smallest absolute Gasteiger partial charge is 0.276 e. The summed E-state index contributed by atoms with van der Waals surface area (Å²) < 4.78 is 3.61. The summed E-state index contributed by atoms with van der Waals surface area (Å²) in [7, 11) is 0. The molecule has 0 atom stereocenters. The molecule has 2 aromatic heterocycles. The summed E-state index contributed by atoms with van der Waals surface area (Å²) in [6.45, 7) is 1.93. The van der Waals surface area contributed by atoms with E-state index in [4.69, 9.17) is 0 Å². The minimum Gasteiger partial charge on any atom is -0.321 e. The van der Waals surface area contributed by atoms with Crippen molar-refractivity contribution >= 4 is 11.6 Å². The van der Waals surface area contributed by atoms with Gasteiger partial charge in [0.05, 0.1) is 11.7 Å². The predicted molar refractivity (Wildman–Crippen MR) is 108 cm³/mol. The molecule has 1 amide bonds. The Labute approximate surface area is 167 Å². The molecular weight excluding hydrogens is 366 g/mol. The second kappa shape index (κ2) is 6.97. The van der Waals surface area contributed by atoms with E-state index in [2.05, 4.69) is 25.9 Å². The Balaban J connectivity index is 1.38. The maximum absolute atomic E-state index is 12.8. The van der Waals surface area contributed by atoms with Crippen LogP contribution in [0.1, 0.15) is 35.1 Å². The van der Waals surface area contributed by atoms with Crippen LogP contribution < -0.4 is 5.32 Å². The molecule has 0 bridgehead atoms. The number of benzene rings is 2. The Kier molecular flexibility index (Phi) is 4.16. The number of hydrogen-bond donors (Lipinski definition) is 1. The molecular formula is C21H19N7O. The van der Waals surface area contributed by atoms with Crippen LogP contribution in [0, 0.1) is 6.92 Å². The largest absolute Gasteiger partial charge is 0.321 e. The first-order valence-corrected chi connectivity index (χ1v) is 9.51. The summed E-state index contributed by atoms with van der Waals surface area (Å²) in [6, 6.07) is 19.4. The van der Waals surface area contributed by atoms with Crippen LogP contribution in [-0.2, 0) is 0 Å². The van der Waals surface area contributed by atoms with Gasteiger partial charge in [-0.15, -0.1) is 5.10 Å². The van der Waals surface area contributed by atoms with Crippen molar-refractivity contribution < 1.29 is 4.79 Å². The maximum atomic E-state index is 12.8. The monoisotopic (exact) mass is 385 g/mol. The zero-order valence-corrected chi connectivity index (χ0v) is 15.9. The van der Waals surface area contributed by atoms with Gasteiger partial charge in [-0.1, -0.05) is 30.3 Å². The molecule has 1 aliphatic rings. The number of para-hydroxylation sites is 1. The maximum Gasteiger partial charge on any atom is 0.276 e. The van der Waals surface area contributed by atoms with Gasteiger partial charge in [-0.2, -0.15) is 5.10 Å². The number of hydrogen-bond acceptors (Lipinski definition) is 5. The quantitative estimate of drug-likeness (QED) is 0.568. The van der Waals surface area contributed by atoms with Crippen molar-refractivity contribution in [3.05, 3.63) is 72.1 Å². The lowest BCUT2D eigenvalue weighted by Crippen LogP contribution is -2.13. The van der Waals surface area contributed by atoms with Gasteiger partial charge in [-0.3, -0.25) is 4.79 Å². The fourth-order valence-corrected chi connectivity index (χ4v) is 3.30. The molecule has 1 aliphatic carbocycles. The lowest BCUT2D eigenvalue weighted by Gasteiger charge is -2.07. The molecule has 1 fully saturated rings. The minimum absolute atomic E-state index is 0.262. The molecule has 5 rings (SSSR count). The van der Waals surface area contributed by atoms with Gasteiger partial charge >= 0.3 is 0 Å². The van der Waals surface area contributed by atoms with Crippen molar-refractivity contribution in [1.82, 2.24) is 30.0 Å². The molecule has 29 heavy (non-hydrogen) atoms. The van der Waals surface area contributed by atoms with Crippen LogP contribution in [0.25, 0.3) is 17.1 Å². The fraction of sp³-hybridized carbons (Fsp3) is 0.190. The van der Waals surface area contributed by atoms with Crippen molar-refractivity contribution in [2.45, 2.75) is 25.8 Å². The van der Waals surface area contributed by atoms with Crippen LogP contribution >= 0.6 is 0 Å². The summed E-state index contributed by atoms with van der Waals surface area (Å²) in [6.07, 6.45) is 2.19. The van der Waals surface area contributed by atoms with Crippen molar-refractivity contribution in [1.29, 1.82) is 0 Å². The highest BCUT2D eigenvalue weighted by molar-refractivity contribution is 6.03. The Hall–Kier alpha value is -3.81. The first-order chi connectivity index (χ1) is 14.2. The SMILES string of the molecule is Cc1cc(C(=O)Nc2cccc(-c3nnnn3C3CC3)c2)nn1-c1ccccc1. The molecule has 8 heteroatoms. The van der Waals surface area contributed by atoms with Gasteiger partial charge in [0.2, 0.25) is 0 Å². The number of rotatable bonds is 5. The number of aryl methyl sites for hydroxylation is 1. The highest BCUT2D eigenvalue weighted by atomic mass is 16.2. The van der Waals surface area contributed by atoms with Gasteiger partial charge in [-0.25, -0.2) is 9.36 Å². The lowest BCUT2D eigenvalue weighted by atomic mass is 10.2. The summed E-state index contributed by atoms with van der Waals surface area (Å²) in [4.78, 5) is 12.8. The van der Waals surface area contributed by atoms with E-state index in [9.17, 15) is 4.79 Å². The zero-order valence-electron chi connectivity index (χ0n) is 15.9. The number of anilines is 1. The number of aromatic nitrogens is 6. The molecule has 144 valence electrons. The van der Waals surface area contributed by atoms with E-state index in [1.54, 1.807) is 10.7 Å². The summed E-state index contributed by atoms with van der Waals surface area (Å²) >= 11 is 0. The van der Waals surface area contributed by atoms with Gasteiger partial charge in [0.1, 0.15) is 0 Å². The molecule has 0 unspecified atom stereocenters. The third kappa shape index (κ3) is 3.40. The van der Waals surface area contributed by atoms with Gasteiger partial charge in [0.25, 0.3) is 5.91 Å². The minimum atomic E-state index is -0.262. The van der Waals surface area contributed by atoms with Crippen LogP contribution in [-0.4, -0.2) is 35.9 Å². The van der Waals surface area contributed by atoms with E-state index < -0.39 is 0 Å². The van der Waals surface area contributed by atoms with Gasteiger partial charge in [0.15, 0.2) is 11.5 Å². The van der Waals surface area contributed by atoms with E-state index in [0.717, 1.165) is 29.8 Å². The Morgan fingerprint density at radius 2 is 1.90 bits per heavy atom. The molecule has 0 saturated heterocycles. The molecule has 4 aromatic rings. The highest BCUT2D eigenvalue weighted by Gasteiger charge is 2.28. The van der Waals surface area contributed by atoms with Gasteiger partial charge < -0.3 is 5.32 Å². The molecule has 1 N–H and O–H groups in total. The molecule has 1 saturated carbocycles. The van der Waals surface area contributed by atoms with Crippen LogP contribution in [0.5, 0.6) is 0 Å². The number of carbonyl (C=O) groups excluding carboxylic acids is 1. The second-order valence-electron chi connectivity index (χ2n) is 7.13. The fourth-order valence-electron chi connectivity index (χ4n) is 3.30. The Bertz CT molecular complexity index is 1170. The van der Waals surface area contributed by atoms with E-state index in [0.29, 0.717) is 23.2 Å². The molecule has 8 nitrogen and oxygen atoms in total. The van der Waals surface area contributed by atoms with Crippen molar-refractivity contribution in [2.24, 2.45) is 0 Å². The second-order valence-corrected chi connectivity index (χ2v) is 7.13. The van der Waals surface area contributed by atoms with Crippen molar-refractivity contribution in [3.8, 4) is 17.1 Å². The average Bonchev–Trinajstić information content (AvgIpc) is 3.33. The number of nitrogens with zero attached hydrogens (tertiary/aromatic N) is 6. The number of carbonyl (C=O) groups is 1. The summed E-state index contributed by atoms with van der Waals surface area (Å²) in [5, 5.41) is 19.4. The zero-order chi connectivity index (χ0) is 19.8. The first kappa shape index (κ1) is 17.3. The molecule has 0 spiro atoms. The van der Waals surface area contributed by atoms with E-state index in [1.807, 2.05) is 66.2 Å². The summed E-state index contributed by atoms with van der Waals surface area (Å²) in [5.74, 6) is 0.453. The third-order valence-corrected chi connectivity index (χ3v) is 4.89. The van der Waals surface area contributed by atoms with Crippen LogP contribution in [0.15, 0.2) is 60.7 Å². The standard InChI is InChI=1S/C21H19N7O/c1-14-12-19(24-27(14)17-8-3-2-4-9-17)21(29)22-16-7-5-6-15(13-16)20-23-25-26-28(20)18-10-11-18/h2-9,12-13,18H,10-11H2,1H3,(H,22,29). The predicted octanol–water partition coefficient (Wildman–Crippen LogP) is 3.42.